The average molecular weight is 202 g/mol. The van der Waals surface area contributed by atoms with Crippen LogP contribution in [-0.2, 0) is 6.42 Å². The van der Waals surface area contributed by atoms with Crippen molar-refractivity contribution in [2.24, 2.45) is 0 Å². The standard InChI is InChI=1S/C12H14N2O/c15-12-13-7-8-14(12)11-6-5-9-3-1-2-4-10(9)11/h1-4,11H,5-8H2,(H,13,15). The fraction of sp³-hybridized carbons (Fsp3) is 0.417. The molecular weight excluding hydrogens is 188 g/mol. The highest BCUT2D eigenvalue weighted by Gasteiger charge is 2.32. The van der Waals surface area contributed by atoms with E-state index < -0.39 is 0 Å². The van der Waals surface area contributed by atoms with Crippen LogP contribution < -0.4 is 5.32 Å². The zero-order valence-electron chi connectivity index (χ0n) is 8.57. The van der Waals surface area contributed by atoms with Crippen molar-refractivity contribution in [3.8, 4) is 0 Å². The van der Waals surface area contributed by atoms with E-state index in [9.17, 15) is 4.79 Å². The van der Waals surface area contributed by atoms with Crippen molar-refractivity contribution in [3.05, 3.63) is 35.4 Å². The van der Waals surface area contributed by atoms with Crippen LogP contribution in [0.2, 0.25) is 0 Å². The molecule has 0 radical (unpaired) electrons. The van der Waals surface area contributed by atoms with E-state index in [1.54, 1.807) is 0 Å². The number of rotatable bonds is 1. The summed E-state index contributed by atoms with van der Waals surface area (Å²) in [5.41, 5.74) is 2.75. The van der Waals surface area contributed by atoms with Crippen molar-refractivity contribution >= 4 is 6.03 Å². The lowest BCUT2D eigenvalue weighted by atomic mass is 10.1. The van der Waals surface area contributed by atoms with Crippen LogP contribution in [0.1, 0.15) is 23.6 Å². The first-order valence-electron chi connectivity index (χ1n) is 5.48. The van der Waals surface area contributed by atoms with Gasteiger partial charge in [0.2, 0.25) is 0 Å². The number of carbonyl (C=O) groups is 1. The van der Waals surface area contributed by atoms with Crippen molar-refractivity contribution in [3.63, 3.8) is 0 Å². The van der Waals surface area contributed by atoms with Gasteiger partial charge in [-0.3, -0.25) is 0 Å². The minimum absolute atomic E-state index is 0.0942. The summed E-state index contributed by atoms with van der Waals surface area (Å²) in [5, 5.41) is 2.86. The molecule has 2 aliphatic rings. The van der Waals surface area contributed by atoms with Gasteiger partial charge in [0.25, 0.3) is 0 Å². The van der Waals surface area contributed by atoms with E-state index in [0.717, 1.165) is 25.9 Å². The number of benzene rings is 1. The van der Waals surface area contributed by atoms with Gasteiger partial charge in [0.15, 0.2) is 0 Å². The Kier molecular flexibility index (Phi) is 1.91. The minimum Gasteiger partial charge on any atom is -0.336 e. The van der Waals surface area contributed by atoms with E-state index >= 15 is 0 Å². The number of fused-ring (bicyclic) bond motifs is 1. The van der Waals surface area contributed by atoms with E-state index in [1.807, 2.05) is 4.90 Å². The highest BCUT2D eigenvalue weighted by Crippen LogP contribution is 2.35. The summed E-state index contributed by atoms with van der Waals surface area (Å²) in [6.07, 6.45) is 2.18. The highest BCUT2D eigenvalue weighted by atomic mass is 16.2. The van der Waals surface area contributed by atoms with Crippen molar-refractivity contribution < 1.29 is 4.79 Å². The molecule has 1 N–H and O–H groups in total. The molecule has 78 valence electrons. The molecule has 1 aromatic rings. The Labute approximate surface area is 89.1 Å². The van der Waals surface area contributed by atoms with E-state index in [1.165, 1.54) is 11.1 Å². The van der Waals surface area contributed by atoms with E-state index in [4.69, 9.17) is 0 Å². The molecule has 0 spiro atoms. The first-order valence-corrected chi connectivity index (χ1v) is 5.48. The number of urea groups is 1. The number of carbonyl (C=O) groups excluding carboxylic acids is 1. The Balaban J connectivity index is 1.93. The number of amides is 2. The van der Waals surface area contributed by atoms with E-state index in [-0.39, 0.29) is 6.03 Å². The van der Waals surface area contributed by atoms with Crippen molar-refractivity contribution in [2.75, 3.05) is 13.1 Å². The number of hydrogen-bond acceptors (Lipinski definition) is 1. The molecule has 3 rings (SSSR count). The fourth-order valence-corrected chi connectivity index (χ4v) is 2.64. The maximum atomic E-state index is 11.6. The lowest BCUT2D eigenvalue weighted by molar-refractivity contribution is 0.198. The third kappa shape index (κ3) is 1.30. The summed E-state index contributed by atoms with van der Waals surface area (Å²) in [6, 6.07) is 8.86. The summed E-state index contributed by atoms with van der Waals surface area (Å²) in [4.78, 5) is 13.6. The van der Waals surface area contributed by atoms with Crippen molar-refractivity contribution in [1.82, 2.24) is 10.2 Å². The molecule has 1 fully saturated rings. The maximum absolute atomic E-state index is 11.6. The molecule has 2 amide bonds. The molecule has 15 heavy (non-hydrogen) atoms. The molecular formula is C12H14N2O. The average Bonchev–Trinajstić information content (AvgIpc) is 2.83. The lowest BCUT2D eigenvalue weighted by Gasteiger charge is -2.23. The SMILES string of the molecule is O=C1NCCN1C1CCc2ccccc21. The topological polar surface area (TPSA) is 32.3 Å². The lowest BCUT2D eigenvalue weighted by Crippen LogP contribution is -2.31. The zero-order chi connectivity index (χ0) is 10.3. The summed E-state index contributed by atoms with van der Waals surface area (Å²) in [6.45, 7) is 1.63. The Morgan fingerprint density at radius 2 is 2.20 bits per heavy atom. The van der Waals surface area contributed by atoms with Crippen LogP contribution in [0.4, 0.5) is 4.79 Å². The quantitative estimate of drug-likeness (QED) is 0.738. The number of hydrogen-bond donors (Lipinski definition) is 1. The van der Waals surface area contributed by atoms with Gasteiger partial charge in [-0.05, 0) is 24.0 Å². The Morgan fingerprint density at radius 1 is 1.33 bits per heavy atom. The summed E-state index contributed by atoms with van der Waals surface area (Å²) >= 11 is 0. The second kappa shape index (κ2) is 3.26. The predicted octanol–water partition coefficient (Wildman–Crippen LogP) is 1.70. The van der Waals surface area contributed by atoms with Gasteiger partial charge in [0, 0.05) is 13.1 Å². The predicted molar refractivity (Wildman–Crippen MR) is 57.6 cm³/mol. The number of nitrogens with one attached hydrogen (secondary N) is 1. The van der Waals surface area contributed by atoms with Crippen LogP contribution >= 0.6 is 0 Å². The van der Waals surface area contributed by atoms with Crippen molar-refractivity contribution in [2.45, 2.75) is 18.9 Å². The highest BCUT2D eigenvalue weighted by molar-refractivity contribution is 5.77. The van der Waals surface area contributed by atoms with E-state index in [0.29, 0.717) is 6.04 Å². The van der Waals surface area contributed by atoms with Gasteiger partial charge in [-0.15, -0.1) is 0 Å². The van der Waals surface area contributed by atoms with Crippen molar-refractivity contribution in [1.29, 1.82) is 0 Å². The maximum Gasteiger partial charge on any atom is 0.318 e. The van der Waals surface area contributed by atoms with Gasteiger partial charge < -0.3 is 10.2 Å². The van der Waals surface area contributed by atoms with Crippen LogP contribution in [0.25, 0.3) is 0 Å². The fourth-order valence-electron chi connectivity index (χ4n) is 2.64. The van der Waals surface area contributed by atoms with Crippen LogP contribution in [-0.4, -0.2) is 24.0 Å². The molecule has 1 saturated heterocycles. The second-order valence-electron chi connectivity index (χ2n) is 4.18. The first-order chi connectivity index (χ1) is 7.36. The molecule has 1 aromatic carbocycles. The summed E-state index contributed by atoms with van der Waals surface area (Å²) in [7, 11) is 0. The van der Waals surface area contributed by atoms with Gasteiger partial charge in [0.05, 0.1) is 6.04 Å². The van der Waals surface area contributed by atoms with Gasteiger partial charge in [-0.25, -0.2) is 4.79 Å². The normalized spacial score (nSPS) is 24.1. The Bertz CT molecular complexity index is 402. The Hall–Kier alpha value is -1.51. The molecule has 1 aliphatic heterocycles. The van der Waals surface area contributed by atoms with Crippen LogP contribution in [0.5, 0.6) is 0 Å². The molecule has 1 unspecified atom stereocenters. The van der Waals surface area contributed by atoms with Gasteiger partial charge in [-0.1, -0.05) is 24.3 Å². The molecule has 0 saturated carbocycles. The third-order valence-corrected chi connectivity index (χ3v) is 3.37. The van der Waals surface area contributed by atoms with Crippen LogP contribution in [0.3, 0.4) is 0 Å². The molecule has 1 aliphatic carbocycles. The zero-order valence-corrected chi connectivity index (χ0v) is 8.57. The van der Waals surface area contributed by atoms with Crippen LogP contribution in [0, 0.1) is 0 Å². The van der Waals surface area contributed by atoms with Gasteiger partial charge >= 0.3 is 6.03 Å². The monoisotopic (exact) mass is 202 g/mol. The minimum atomic E-state index is 0.0942. The smallest absolute Gasteiger partial charge is 0.318 e. The molecule has 1 heterocycles. The third-order valence-electron chi connectivity index (χ3n) is 3.37. The van der Waals surface area contributed by atoms with Crippen LogP contribution in [0.15, 0.2) is 24.3 Å². The molecule has 0 aromatic heterocycles. The molecule has 1 atom stereocenters. The first kappa shape index (κ1) is 8.77. The number of aryl methyl sites for hydroxylation is 1. The molecule has 3 nitrogen and oxygen atoms in total. The second-order valence-corrected chi connectivity index (χ2v) is 4.18. The van der Waals surface area contributed by atoms with Gasteiger partial charge in [0.1, 0.15) is 0 Å². The summed E-state index contributed by atoms with van der Waals surface area (Å²) in [5.74, 6) is 0. The Morgan fingerprint density at radius 3 is 3.00 bits per heavy atom. The largest absolute Gasteiger partial charge is 0.336 e. The number of nitrogens with zero attached hydrogens (tertiary/aromatic N) is 1. The van der Waals surface area contributed by atoms with E-state index in [2.05, 4.69) is 29.6 Å². The molecule has 0 bridgehead atoms. The van der Waals surface area contributed by atoms with Gasteiger partial charge in [-0.2, -0.15) is 0 Å². The molecule has 3 heteroatoms. The summed E-state index contributed by atoms with van der Waals surface area (Å²) < 4.78 is 0.